The summed E-state index contributed by atoms with van der Waals surface area (Å²) in [6.45, 7) is 2.68. The van der Waals surface area contributed by atoms with Crippen LogP contribution >= 0.6 is 0 Å². The number of aromatic hydroxyl groups is 1. The first-order valence-electron chi connectivity index (χ1n) is 10.1. The van der Waals surface area contributed by atoms with Crippen LogP contribution in [0.3, 0.4) is 0 Å². The van der Waals surface area contributed by atoms with Crippen LogP contribution in [-0.4, -0.2) is 34.8 Å². The number of rotatable bonds is 10. The maximum Gasteiger partial charge on any atom is 0.226 e. The van der Waals surface area contributed by atoms with Crippen LogP contribution < -0.4 is 10.1 Å². The summed E-state index contributed by atoms with van der Waals surface area (Å²) in [7, 11) is 1.49. The number of nitrogens with one attached hydrogen (secondary N) is 1. The van der Waals surface area contributed by atoms with Gasteiger partial charge in [0, 0.05) is 18.5 Å². The number of phenols is 1. The Bertz CT molecular complexity index is 984. The average molecular weight is 409 g/mol. The third-order valence-electron chi connectivity index (χ3n) is 4.74. The molecule has 0 aliphatic carbocycles. The van der Waals surface area contributed by atoms with Gasteiger partial charge in [-0.15, -0.1) is 0 Å². The number of amides is 1. The molecule has 0 fully saturated rings. The molecule has 0 atom stereocenters. The molecule has 0 bridgehead atoms. The molecule has 0 saturated heterocycles. The molecule has 3 rings (SSSR count). The smallest absolute Gasteiger partial charge is 0.226 e. The van der Waals surface area contributed by atoms with Gasteiger partial charge in [0.15, 0.2) is 11.5 Å². The normalized spacial score (nSPS) is 10.7. The fraction of sp³-hybridized carbons (Fsp3) is 0.348. The first kappa shape index (κ1) is 21.4. The topological polar surface area (TPSA) is 97.5 Å². The Morgan fingerprint density at radius 2 is 2.03 bits per heavy atom. The molecule has 158 valence electrons. The van der Waals surface area contributed by atoms with Gasteiger partial charge in [-0.05, 0) is 43.5 Å². The summed E-state index contributed by atoms with van der Waals surface area (Å²) < 4.78 is 10.4. The number of aromatic nitrogens is 2. The zero-order valence-corrected chi connectivity index (χ0v) is 17.4. The second kappa shape index (κ2) is 10.4. The second-order valence-electron chi connectivity index (χ2n) is 7.22. The number of ether oxygens (including phenoxy) is 1. The highest BCUT2D eigenvalue weighted by Gasteiger charge is 2.11. The Labute approximate surface area is 176 Å². The maximum absolute atomic E-state index is 12.0. The van der Waals surface area contributed by atoms with E-state index in [0.717, 1.165) is 36.0 Å². The van der Waals surface area contributed by atoms with Gasteiger partial charge in [-0.1, -0.05) is 41.4 Å². The molecule has 0 aliphatic heterocycles. The van der Waals surface area contributed by atoms with E-state index < -0.39 is 0 Å². The third-order valence-corrected chi connectivity index (χ3v) is 4.74. The van der Waals surface area contributed by atoms with Gasteiger partial charge in [-0.25, -0.2) is 0 Å². The number of carbonyl (C=O) groups excluding carboxylic acids is 1. The summed E-state index contributed by atoms with van der Waals surface area (Å²) in [6.07, 6.45) is 3.84. The summed E-state index contributed by atoms with van der Waals surface area (Å²) in [6, 6.07) is 12.9. The van der Waals surface area contributed by atoms with Crippen LogP contribution in [0.4, 0.5) is 0 Å². The largest absolute Gasteiger partial charge is 0.504 e. The van der Waals surface area contributed by atoms with Crippen LogP contribution in [-0.2, 0) is 17.6 Å². The molecular formula is C23H27N3O4. The van der Waals surface area contributed by atoms with Crippen molar-refractivity contribution in [2.45, 2.75) is 39.0 Å². The molecule has 0 saturated carbocycles. The van der Waals surface area contributed by atoms with Crippen LogP contribution in [0.15, 0.2) is 47.0 Å². The third kappa shape index (κ3) is 6.07. The van der Waals surface area contributed by atoms with Gasteiger partial charge < -0.3 is 19.7 Å². The molecule has 7 heteroatoms. The summed E-state index contributed by atoms with van der Waals surface area (Å²) in [5.74, 6) is 1.51. The van der Waals surface area contributed by atoms with Gasteiger partial charge in [0.2, 0.25) is 17.6 Å². The first-order valence-corrected chi connectivity index (χ1v) is 10.1. The number of nitrogens with zero attached hydrogens (tertiary/aromatic N) is 2. The molecular weight excluding hydrogens is 382 g/mol. The minimum Gasteiger partial charge on any atom is -0.504 e. The van der Waals surface area contributed by atoms with E-state index in [0.29, 0.717) is 36.9 Å². The highest BCUT2D eigenvalue weighted by Crippen LogP contribution is 2.30. The second-order valence-corrected chi connectivity index (χ2v) is 7.22. The fourth-order valence-electron chi connectivity index (χ4n) is 3.17. The lowest BCUT2D eigenvalue weighted by atomic mass is 10.1. The summed E-state index contributed by atoms with van der Waals surface area (Å²) in [5.41, 5.74) is 2.91. The van der Waals surface area contributed by atoms with Gasteiger partial charge >= 0.3 is 0 Å². The molecule has 0 unspecified atom stereocenters. The summed E-state index contributed by atoms with van der Waals surface area (Å²) in [4.78, 5) is 16.4. The quantitative estimate of drug-likeness (QED) is 0.494. The predicted octanol–water partition coefficient (Wildman–Crippen LogP) is 3.83. The number of aryl methyl sites for hydroxylation is 2. The van der Waals surface area contributed by atoms with E-state index in [1.165, 1.54) is 13.2 Å². The molecule has 0 aliphatic rings. The van der Waals surface area contributed by atoms with Crippen LogP contribution in [0.1, 0.15) is 36.3 Å². The highest BCUT2D eigenvalue weighted by atomic mass is 16.5. The van der Waals surface area contributed by atoms with Crippen molar-refractivity contribution in [2.24, 2.45) is 0 Å². The van der Waals surface area contributed by atoms with Gasteiger partial charge in [0.1, 0.15) is 0 Å². The molecule has 7 nitrogen and oxygen atoms in total. The number of phenolic OH excluding ortho intramolecular Hbond substituents is 1. The average Bonchev–Trinajstić information content (AvgIpc) is 3.20. The van der Waals surface area contributed by atoms with Gasteiger partial charge in [-0.2, -0.15) is 4.98 Å². The van der Waals surface area contributed by atoms with E-state index in [4.69, 9.17) is 9.26 Å². The van der Waals surface area contributed by atoms with E-state index in [-0.39, 0.29) is 11.7 Å². The zero-order chi connectivity index (χ0) is 21.3. The van der Waals surface area contributed by atoms with E-state index in [1.807, 2.05) is 31.2 Å². The molecule has 0 spiro atoms. The Morgan fingerprint density at radius 1 is 1.17 bits per heavy atom. The Hall–Kier alpha value is -3.35. The van der Waals surface area contributed by atoms with Crippen molar-refractivity contribution < 1.29 is 19.2 Å². The van der Waals surface area contributed by atoms with Crippen LogP contribution in [0.5, 0.6) is 11.5 Å². The van der Waals surface area contributed by atoms with Crippen molar-refractivity contribution >= 4 is 5.91 Å². The van der Waals surface area contributed by atoms with Crippen molar-refractivity contribution in [3.05, 3.63) is 59.5 Å². The number of benzene rings is 2. The van der Waals surface area contributed by atoms with Gasteiger partial charge in [-0.3, -0.25) is 4.79 Å². The van der Waals surface area contributed by atoms with Crippen molar-refractivity contribution in [3.8, 4) is 22.9 Å². The van der Waals surface area contributed by atoms with E-state index >= 15 is 0 Å². The minimum absolute atomic E-state index is 0.0477. The standard InChI is InChI=1S/C23H27N3O4/c1-16-7-6-8-17(13-16)14-21(28)24-12-5-3-4-9-22-25-23(26-30-22)18-10-11-19(27)20(15-18)29-2/h6-8,10-11,13,15,27H,3-5,9,12,14H2,1-2H3,(H,24,28). The predicted molar refractivity (Wildman–Crippen MR) is 113 cm³/mol. The molecule has 1 aromatic heterocycles. The molecule has 1 amide bonds. The maximum atomic E-state index is 12.0. The number of methoxy groups -OCH3 is 1. The van der Waals surface area contributed by atoms with E-state index in [1.54, 1.807) is 12.1 Å². The summed E-state index contributed by atoms with van der Waals surface area (Å²) in [5, 5.41) is 16.6. The number of hydrogen-bond donors (Lipinski definition) is 2. The van der Waals surface area contributed by atoms with E-state index in [9.17, 15) is 9.90 Å². The lowest BCUT2D eigenvalue weighted by molar-refractivity contribution is -0.120. The van der Waals surface area contributed by atoms with Crippen LogP contribution in [0.2, 0.25) is 0 Å². The lowest BCUT2D eigenvalue weighted by Crippen LogP contribution is -2.26. The van der Waals surface area contributed by atoms with E-state index in [2.05, 4.69) is 15.5 Å². The minimum atomic E-state index is 0.0477. The number of hydrogen-bond acceptors (Lipinski definition) is 6. The molecule has 2 N–H and O–H groups in total. The summed E-state index contributed by atoms with van der Waals surface area (Å²) >= 11 is 0. The van der Waals surface area contributed by atoms with Crippen molar-refractivity contribution in [1.82, 2.24) is 15.5 Å². The molecule has 30 heavy (non-hydrogen) atoms. The number of unbranched alkanes of at least 4 members (excludes halogenated alkanes) is 2. The zero-order valence-electron chi connectivity index (χ0n) is 17.4. The Kier molecular flexibility index (Phi) is 7.43. The molecule has 3 aromatic rings. The number of carbonyl (C=O) groups is 1. The van der Waals surface area contributed by atoms with Crippen molar-refractivity contribution in [1.29, 1.82) is 0 Å². The van der Waals surface area contributed by atoms with Crippen LogP contribution in [0.25, 0.3) is 11.4 Å². The van der Waals surface area contributed by atoms with Gasteiger partial charge in [0.25, 0.3) is 0 Å². The molecule has 2 aromatic carbocycles. The first-order chi connectivity index (χ1) is 14.5. The highest BCUT2D eigenvalue weighted by molar-refractivity contribution is 5.78. The van der Waals surface area contributed by atoms with Crippen LogP contribution in [0, 0.1) is 6.92 Å². The van der Waals surface area contributed by atoms with Crippen molar-refractivity contribution in [3.63, 3.8) is 0 Å². The lowest BCUT2D eigenvalue weighted by Gasteiger charge is -2.05. The fourth-order valence-corrected chi connectivity index (χ4v) is 3.17. The Balaban J connectivity index is 1.36. The van der Waals surface area contributed by atoms with Gasteiger partial charge in [0.05, 0.1) is 13.5 Å². The molecule has 0 radical (unpaired) electrons. The SMILES string of the molecule is COc1cc(-c2noc(CCCCCNC(=O)Cc3cccc(C)c3)n2)ccc1O. The Morgan fingerprint density at radius 3 is 2.83 bits per heavy atom. The van der Waals surface area contributed by atoms with Crippen molar-refractivity contribution in [2.75, 3.05) is 13.7 Å². The monoisotopic (exact) mass is 409 g/mol. The molecule has 1 heterocycles.